The number of hydrogen-bond donors (Lipinski definition) is 0. The van der Waals surface area contributed by atoms with Crippen LogP contribution >= 0.6 is 11.6 Å². The highest BCUT2D eigenvalue weighted by atomic mass is 35.5. The number of nitrogens with zero attached hydrogens (tertiary/aromatic N) is 2. The van der Waals surface area contributed by atoms with Gasteiger partial charge in [-0.25, -0.2) is 0 Å². The van der Waals surface area contributed by atoms with Crippen LogP contribution in [-0.2, 0) is 13.0 Å². The SMILES string of the molecule is CCc1c(C(=O)C(C)C)c2ccc(C#N)cc2n1Cc1ccccc1Cl. The molecule has 1 aromatic heterocycles. The summed E-state index contributed by atoms with van der Waals surface area (Å²) < 4.78 is 2.13. The molecule has 0 bridgehead atoms. The Labute approximate surface area is 158 Å². The summed E-state index contributed by atoms with van der Waals surface area (Å²) in [7, 11) is 0. The highest BCUT2D eigenvalue weighted by molar-refractivity contribution is 6.31. The summed E-state index contributed by atoms with van der Waals surface area (Å²) >= 11 is 6.37. The highest BCUT2D eigenvalue weighted by Crippen LogP contribution is 2.31. The van der Waals surface area contributed by atoms with E-state index in [-0.39, 0.29) is 11.7 Å². The monoisotopic (exact) mass is 364 g/mol. The molecule has 1 heterocycles. The largest absolute Gasteiger partial charge is 0.339 e. The zero-order chi connectivity index (χ0) is 18.8. The summed E-state index contributed by atoms with van der Waals surface area (Å²) in [5.74, 6) is 0.0461. The zero-order valence-corrected chi connectivity index (χ0v) is 16.0. The van der Waals surface area contributed by atoms with Crippen molar-refractivity contribution in [1.82, 2.24) is 4.57 Å². The van der Waals surface area contributed by atoms with Gasteiger partial charge in [-0.2, -0.15) is 5.26 Å². The van der Waals surface area contributed by atoms with Gasteiger partial charge < -0.3 is 4.57 Å². The van der Waals surface area contributed by atoms with Crippen LogP contribution in [0.3, 0.4) is 0 Å². The van der Waals surface area contributed by atoms with E-state index in [1.807, 2.05) is 50.2 Å². The number of rotatable bonds is 5. The maximum atomic E-state index is 12.9. The molecular formula is C22H21ClN2O. The lowest BCUT2D eigenvalue weighted by atomic mass is 9.97. The first kappa shape index (κ1) is 18.2. The lowest BCUT2D eigenvalue weighted by Gasteiger charge is -2.12. The molecule has 3 rings (SSSR count). The Morgan fingerprint density at radius 2 is 1.96 bits per heavy atom. The molecule has 4 heteroatoms. The molecule has 0 aliphatic carbocycles. The predicted molar refractivity (Wildman–Crippen MR) is 106 cm³/mol. The van der Waals surface area contributed by atoms with Crippen molar-refractivity contribution in [3.05, 3.63) is 69.9 Å². The Balaban J connectivity index is 2.31. The van der Waals surface area contributed by atoms with Gasteiger partial charge in [0.25, 0.3) is 0 Å². The van der Waals surface area contributed by atoms with Gasteiger partial charge in [-0.3, -0.25) is 4.79 Å². The van der Waals surface area contributed by atoms with Crippen LogP contribution in [0.1, 0.15) is 48.0 Å². The van der Waals surface area contributed by atoms with E-state index in [1.165, 1.54) is 0 Å². The van der Waals surface area contributed by atoms with Crippen molar-refractivity contribution in [2.24, 2.45) is 5.92 Å². The molecule has 0 radical (unpaired) electrons. The number of ketones is 1. The van der Waals surface area contributed by atoms with Crippen LogP contribution in [0.25, 0.3) is 10.9 Å². The van der Waals surface area contributed by atoms with E-state index in [2.05, 4.69) is 17.6 Å². The average molecular weight is 365 g/mol. The van der Waals surface area contributed by atoms with Gasteiger partial charge in [-0.15, -0.1) is 0 Å². The summed E-state index contributed by atoms with van der Waals surface area (Å²) in [6.07, 6.45) is 0.731. The summed E-state index contributed by atoms with van der Waals surface area (Å²) in [5, 5.41) is 10.9. The predicted octanol–water partition coefficient (Wildman–Crippen LogP) is 5.62. The fourth-order valence-electron chi connectivity index (χ4n) is 3.38. The van der Waals surface area contributed by atoms with Gasteiger partial charge in [0.1, 0.15) is 0 Å². The van der Waals surface area contributed by atoms with Crippen molar-refractivity contribution in [2.75, 3.05) is 0 Å². The van der Waals surface area contributed by atoms with Crippen molar-refractivity contribution in [3.63, 3.8) is 0 Å². The van der Waals surface area contributed by atoms with E-state index in [1.54, 1.807) is 6.07 Å². The molecule has 0 aliphatic rings. The molecule has 0 saturated heterocycles. The molecule has 0 aliphatic heterocycles. The van der Waals surface area contributed by atoms with E-state index in [0.29, 0.717) is 17.1 Å². The van der Waals surface area contributed by atoms with Crippen LogP contribution in [0.15, 0.2) is 42.5 Å². The van der Waals surface area contributed by atoms with Crippen LogP contribution in [0.5, 0.6) is 0 Å². The number of carbonyl (C=O) groups excluding carboxylic acids is 1. The van der Waals surface area contributed by atoms with Crippen LogP contribution in [0.4, 0.5) is 0 Å². The quantitative estimate of drug-likeness (QED) is 0.552. The molecule has 0 spiro atoms. The van der Waals surface area contributed by atoms with Gasteiger partial charge >= 0.3 is 0 Å². The van der Waals surface area contributed by atoms with Gasteiger partial charge in [-0.1, -0.05) is 56.6 Å². The Hall–Kier alpha value is -2.57. The molecule has 0 unspecified atom stereocenters. The number of nitriles is 1. The first-order valence-corrected chi connectivity index (χ1v) is 9.18. The molecule has 2 aromatic carbocycles. The van der Waals surface area contributed by atoms with E-state index in [0.717, 1.165) is 34.1 Å². The minimum absolute atomic E-state index is 0.0877. The Bertz CT molecular complexity index is 1020. The summed E-state index contributed by atoms with van der Waals surface area (Å²) in [5.41, 5.74) is 4.25. The fourth-order valence-corrected chi connectivity index (χ4v) is 3.58. The average Bonchev–Trinajstić information content (AvgIpc) is 2.95. The van der Waals surface area contributed by atoms with Gasteiger partial charge in [0.15, 0.2) is 5.78 Å². The van der Waals surface area contributed by atoms with Crippen LogP contribution in [0, 0.1) is 17.2 Å². The van der Waals surface area contributed by atoms with E-state index in [9.17, 15) is 10.1 Å². The fraction of sp³-hybridized carbons (Fsp3) is 0.273. The molecule has 0 saturated carbocycles. The topological polar surface area (TPSA) is 45.8 Å². The second-order valence-electron chi connectivity index (χ2n) is 6.72. The van der Waals surface area contributed by atoms with Crippen molar-refractivity contribution in [3.8, 4) is 6.07 Å². The molecule has 3 nitrogen and oxygen atoms in total. The smallest absolute Gasteiger partial charge is 0.167 e. The molecule has 3 aromatic rings. The van der Waals surface area contributed by atoms with Crippen molar-refractivity contribution in [1.29, 1.82) is 5.26 Å². The molecule has 0 atom stereocenters. The van der Waals surface area contributed by atoms with Gasteiger partial charge in [0.05, 0.1) is 17.1 Å². The minimum atomic E-state index is -0.0877. The first-order chi connectivity index (χ1) is 12.5. The third kappa shape index (κ3) is 3.13. The molecular weight excluding hydrogens is 344 g/mol. The number of hydrogen-bond acceptors (Lipinski definition) is 2. The highest BCUT2D eigenvalue weighted by Gasteiger charge is 2.23. The summed E-state index contributed by atoms with van der Waals surface area (Å²) in [4.78, 5) is 12.9. The van der Waals surface area contributed by atoms with E-state index >= 15 is 0 Å². The maximum Gasteiger partial charge on any atom is 0.167 e. The standard InChI is InChI=1S/C22H21ClN2O/c1-4-19-21(22(26)14(2)3)17-10-9-15(12-24)11-20(17)25(19)13-16-7-5-6-8-18(16)23/h5-11,14H,4,13H2,1-3H3. The normalized spacial score (nSPS) is 11.1. The van der Waals surface area contributed by atoms with Crippen LogP contribution in [0.2, 0.25) is 5.02 Å². The lowest BCUT2D eigenvalue weighted by molar-refractivity contribution is 0.0940. The van der Waals surface area contributed by atoms with Gasteiger partial charge in [0.2, 0.25) is 0 Å². The second kappa shape index (κ2) is 7.35. The number of benzene rings is 2. The molecule has 0 N–H and O–H groups in total. The third-order valence-electron chi connectivity index (χ3n) is 4.69. The Morgan fingerprint density at radius 1 is 1.23 bits per heavy atom. The minimum Gasteiger partial charge on any atom is -0.339 e. The second-order valence-corrected chi connectivity index (χ2v) is 7.12. The molecule has 0 fully saturated rings. The van der Waals surface area contributed by atoms with Gasteiger partial charge in [0, 0.05) is 34.1 Å². The van der Waals surface area contributed by atoms with Crippen LogP contribution < -0.4 is 0 Å². The summed E-state index contributed by atoms with van der Waals surface area (Å²) in [6.45, 7) is 6.46. The number of aromatic nitrogens is 1. The number of halogens is 1. The van der Waals surface area contributed by atoms with Gasteiger partial charge in [-0.05, 0) is 30.2 Å². The Morgan fingerprint density at radius 3 is 2.58 bits per heavy atom. The first-order valence-electron chi connectivity index (χ1n) is 8.80. The summed E-state index contributed by atoms with van der Waals surface area (Å²) in [6, 6.07) is 15.5. The lowest BCUT2D eigenvalue weighted by Crippen LogP contribution is -2.12. The van der Waals surface area contributed by atoms with Crippen LogP contribution in [-0.4, -0.2) is 10.4 Å². The number of carbonyl (C=O) groups is 1. The molecule has 0 amide bonds. The third-order valence-corrected chi connectivity index (χ3v) is 5.06. The molecule has 132 valence electrons. The van der Waals surface area contributed by atoms with E-state index < -0.39 is 0 Å². The molecule has 26 heavy (non-hydrogen) atoms. The van der Waals surface area contributed by atoms with Crippen molar-refractivity contribution < 1.29 is 4.79 Å². The maximum absolute atomic E-state index is 12.9. The van der Waals surface area contributed by atoms with Crippen molar-refractivity contribution >= 4 is 28.3 Å². The van der Waals surface area contributed by atoms with E-state index in [4.69, 9.17) is 11.6 Å². The number of fused-ring (bicyclic) bond motifs is 1. The number of Topliss-reactive ketones (excluding diaryl/α,β-unsaturated/α-hetero) is 1. The van der Waals surface area contributed by atoms with Crippen molar-refractivity contribution in [2.45, 2.75) is 33.7 Å². The Kier molecular flexibility index (Phi) is 5.15. The zero-order valence-electron chi connectivity index (χ0n) is 15.2.